The van der Waals surface area contributed by atoms with E-state index in [9.17, 15) is 9.18 Å². The second kappa shape index (κ2) is 6.85. The van der Waals surface area contributed by atoms with Crippen molar-refractivity contribution in [1.29, 1.82) is 0 Å². The van der Waals surface area contributed by atoms with E-state index in [-0.39, 0.29) is 11.7 Å². The zero-order valence-corrected chi connectivity index (χ0v) is 11.7. The molecule has 0 unspecified atom stereocenters. The number of benzene rings is 2. The van der Waals surface area contributed by atoms with Crippen LogP contribution in [0.25, 0.3) is 0 Å². The Kier molecular flexibility index (Phi) is 4.90. The number of amides is 1. The lowest BCUT2D eigenvalue weighted by molar-refractivity contribution is -0.122. The minimum atomic E-state index is -0.522. The largest absolute Gasteiger partial charge is 0.457 e. The Hall–Kier alpha value is -2.40. The van der Waals surface area contributed by atoms with Crippen LogP contribution >= 0.6 is 0 Å². The van der Waals surface area contributed by atoms with Crippen LogP contribution in [0.4, 0.5) is 4.39 Å². The smallest absolute Gasteiger partial charge is 0.236 e. The summed E-state index contributed by atoms with van der Waals surface area (Å²) in [5.41, 5.74) is 6.40. The van der Waals surface area contributed by atoms with Crippen molar-refractivity contribution in [3.63, 3.8) is 0 Å². The van der Waals surface area contributed by atoms with Gasteiger partial charge in [-0.2, -0.15) is 0 Å². The standard InChI is InChI=1S/C16H17FN2O2/c1-11(18)16(20)19-10-12-2-6-14(7-3-12)21-15-8-4-13(17)5-9-15/h2-9,11H,10,18H2,1H3,(H,19,20)/t11-/m1/s1. The first-order valence-corrected chi connectivity index (χ1v) is 6.60. The van der Waals surface area contributed by atoms with Crippen molar-refractivity contribution >= 4 is 5.91 Å². The Balaban J connectivity index is 1.92. The highest BCUT2D eigenvalue weighted by atomic mass is 19.1. The number of ether oxygens (including phenoxy) is 1. The molecule has 2 rings (SSSR count). The van der Waals surface area contributed by atoms with Crippen LogP contribution in [0, 0.1) is 5.82 Å². The van der Waals surface area contributed by atoms with Gasteiger partial charge in [0.1, 0.15) is 17.3 Å². The molecule has 0 saturated carbocycles. The maximum atomic E-state index is 12.8. The molecule has 0 aliphatic carbocycles. The Bertz CT molecular complexity index is 595. The summed E-state index contributed by atoms with van der Waals surface area (Å²) in [5, 5.41) is 2.73. The van der Waals surface area contributed by atoms with E-state index in [0.29, 0.717) is 18.0 Å². The summed E-state index contributed by atoms with van der Waals surface area (Å²) in [4.78, 5) is 11.4. The molecular weight excluding hydrogens is 271 g/mol. The first-order chi connectivity index (χ1) is 10.0. The molecule has 4 nitrogen and oxygen atoms in total. The van der Waals surface area contributed by atoms with Gasteiger partial charge in [-0.15, -0.1) is 0 Å². The van der Waals surface area contributed by atoms with Gasteiger partial charge in [0, 0.05) is 6.54 Å². The third kappa shape index (κ3) is 4.57. The molecule has 0 heterocycles. The Labute approximate surface area is 122 Å². The van der Waals surface area contributed by atoms with Gasteiger partial charge in [0.25, 0.3) is 0 Å². The summed E-state index contributed by atoms with van der Waals surface area (Å²) in [6, 6.07) is 12.6. The van der Waals surface area contributed by atoms with Crippen LogP contribution in [0.5, 0.6) is 11.5 Å². The third-order valence-electron chi connectivity index (χ3n) is 2.85. The monoisotopic (exact) mass is 288 g/mol. The maximum Gasteiger partial charge on any atom is 0.236 e. The van der Waals surface area contributed by atoms with Gasteiger partial charge in [-0.05, 0) is 48.9 Å². The number of nitrogens with two attached hydrogens (primary N) is 1. The van der Waals surface area contributed by atoms with Crippen LogP contribution in [0.3, 0.4) is 0 Å². The molecule has 1 atom stereocenters. The van der Waals surface area contributed by atoms with Gasteiger partial charge >= 0.3 is 0 Å². The lowest BCUT2D eigenvalue weighted by Gasteiger charge is -2.09. The van der Waals surface area contributed by atoms with Crippen molar-refractivity contribution in [2.75, 3.05) is 0 Å². The lowest BCUT2D eigenvalue weighted by Crippen LogP contribution is -2.37. The molecule has 2 aromatic rings. The maximum absolute atomic E-state index is 12.8. The fourth-order valence-corrected chi connectivity index (χ4v) is 1.66. The number of hydrogen-bond donors (Lipinski definition) is 2. The van der Waals surface area contributed by atoms with E-state index in [1.165, 1.54) is 12.1 Å². The number of halogens is 1. The molecule has 2 aromatic carbocycles. The van der Waals surface area contributed by atoms with E-state index in [0.717, 1.165) is 5.56 Å². The molecular formula is C16H17FN2O2. The molecule has 110 valence electrons. The average Bonchev–Trinajstić information content (AvgIpc) is 2.48. The Morgan fingerprint density at radius 2 is 1.67 bits per heavy atom. The first kappa shape index (κ1) is 15.0. The molecule has 0 aliphatic heterocycles. The summed E-state index contributed by atoms with van der Waals surface area (Å²) in [5.74, 6) is 0.711. The predicted octanol–water partition coefficient (Wildman–Crippen LogP) is 2.58. The zero-order chi connectivity index (χ0) is 15.2. The topological polar surface area (TPSA) is 64.4 Å². The first-order valence-electron chi connectivity index (χ1n) is 6.60. The predicted molar refractivity (Wildman–Crippen MR) is 78.4 cm³/mol. The number of hydrogen-bond acceptors (Lipinski definition) is 3. The van der Waals surface area contributed by atoms with E-state index in [1.807, 2.05) is 12.1 Å². The number of carbonyl (C=O) groups excluding carboxylic acids is 1. The van der Waals surface area contributed by atoms with Gasteiger partial charge in [0.05, 0.1) is 6.04 Å². The van der Waals surface area contributed by atoms with Crippen LogP contribution in [0.2, 0.25) is 0 Å². The van der Waals surface area contributed by atoms with Gasteiger partial charge in [0.15, 0.2) is 0 Å². The molecule has 3 N–H and O–H groups in total. The lowest BCUT2D eigenvalue weighted by atomic mass is 10.2. The Morgan fingerprint density at radius 1 is 1.14 bits per heavy atom. The van der Waals surface area contributed by atoms with E-state index in [4.69, 9.17) is 10.5 Å². The number of nitrogens with one attached hydrogen (secondary N) is 1. The second-order valence-electron chi connectivity index (χ2n) is 4.71. The molecule has 0 aliphatic rings. The molecule has 0 bridgehead atoms. The molecule has 0 spiro atoms. The highest BCUT2D eigenvalue weighted by molar-refractivity contribution is 5.80. The van der Waals surface area contributed by atoms with E-state index < -0.39 is 6.04 Å². The van der Waals surface area contributed by atoms with Crippen molar-refractivity contribution in [2.24, 2.45) is 5.73 Å². The van der Waals surface area contributed by atoms with Crippen LogP contribution < -0.4 is 15.8 Å². The molecule has 0 radical (unpaired) electrons. The molecule has 1 amide bonds. The zero-order valence-electron chi connectivity index (χ0n) is 11.7. The third-order valence-corrected chi connectivity index (χ3v) is 2.85. The molecule has 5 heteroatoms. The summed E-state index contributed by atoms with van der Waals surface area (Å²) >= 11 is 0. The SMILES string of the molecule is C[C@@H](N)C(=O)NCc1ccc(Oc2ccc(F)cc2)cc1. The van der Waals surface area contributed by atoms with Gasteiger partial charge in [-0.1, -0.05) is 12.1 Å². The van der Waals surface area contributed by atoms with Crippen molar-refractivity contribution in [1.82, 2.24) is 5.32 Å². The van der Waals surface area contributed by atoms with Crippen LogP contribution in [0.15, 0.2) is 48.5 Å². The molecule has 0 saturated heterocycles. The van der Waals surface area contributed by atoms with Crippen LogP contribution in [0.1, 0.15) is 12.5 Å². The van der Waals surface area contributed by atoms with Crippen molar-refractivity contribution in [3.8, 4) is 11.5 Å². The van der Waals surface area contributed by atoms with Gasteiger partial charge in [-0.25, -0.2) is 4.39 Å². The highest BCUT2D eigenvalue weighted by Crippen LogP contribution is 2.21. The van der Waals surface area contributed by atoms with Crippen LogP contribution in [-0.4, -0.2) is 11.9 Å². The summed E-state index contributed by atoms with van der Waals surface area (Å²) in [6.45, 7) is 2.05. The van der Waals surface area contributed by atoms with Crippen LogP contribution in [-0.2, 0) is 11.3 Å². The van der Waals surface area contributed by atoms with Gasteiger partial charge in [0.2, 0.25) is 5.91 Å². The molecule has 21 heavy (non-hydrogen) atoms. The quantitative estimate of drug-likeness (QED) is 0.888. The highest BCUT2D eigenvalue weighted by Gasteiger charge is 2.06. The van der Waals surface area contributed by atoms with Crippen molar-refractivity contribution < 1.29 is 13.9 Å². The fourth-order valence-electron chi connectivity index (χ4n) is 1.66. The molecule has 0 aromatic heterocycles. The average molecular weight is 288 g/mol. The summed E-state index contributed by atoms with van der Waals surface area (Å²) in [7, 11) is 0. The summed E-state index contributed by atoms with van der Waals surface area (Å²) in [6.07, 6.45) is 0. The number of rotatable bonds is 5. The van der Waals surface area contributed by atoms with E-state index in [1.54, 1.807) is 31.2 Å². The normalized spacial score (nSPS) is 11.8. The second-order valence-corrected chi connectivity index (χ2v) is 4.71. The number of carbonyl (C=O) groups is 1. The fraction of sp³-hybridized carbons (Fsp3) is 0.188. The van der Waals surface area contributed by atoms with Gasteiger partial charge in [-0.3, -0.25) is 4.79 Å². The minimum absolute atomic E-state index is 0.193. The van der Waals surface area contributed by atoms with E-state index >= 15 is 0 Å². The van der Waals surface area contributed by atoms with Crippen molar-refractivity contribution in [2.45, 2.75) is 19.5 Å². The van der Waals surface area contributed by atoms with Gasteiger partial charge < -0.3 is 15.8 Å². The Morgan fingerprint density at radius 3 is 2.19 bits per heavy atom. The summed E-state index contributed by atoms with van der Waals surface area (Å²) < 4.78 is 18.4. The van der Waals surface area contributed by atoms with Crippen molar-refractivity contribution in [3.05, 3.63) is 59.9 Å². The van der Waals surface area contributed by atoms with E-state index in [2.05, 4.69) is 5.32 Å². The minimum Gasteiger partial charge on any atom is -0.457 e. The molecule has 0 fully saturated rings.